The number of hydrogen-bond acceptors (Lipinski definition) is 11. The number of aryl methyl sites for hydroxylation is 1. The quantitative estimate of drug-likeness (QED) is 0.0551. The molecule has 356 valence electrons. The average Bonchev–Trinajstić information content (AvgIpc) is 3.77. The topological polar surface area (TPSA) is 163 Å². The molecule has 4 heterocycles. The van der Waals surface area contributed by atoms with Crippen molar-refractivity contribution in [1.82, 2.24) is 24.5 Å². The number of anilines is 1. The minimum atomic E-state index is -4.57. The van der Waals surface area contributed by atoms with Gasteiger partial charge in [0.05, 0.1) is 28.2 Å². The van der Waals surface area contributed by atoms with Gasteiger partial charge in [-0.15, -0.1) is 13.2 Å². The monoisotopic (exact) mass is 969 g/mol. The van der Waals surface area contributed by atoms with Gasteiger partial charge in [0.15, 0.2) is 0 Å². The maximum absolute atomic E-state index is 14.1. The lowest BCUT2D eigenvalue weighted by atomic mass is 9.72. The molecule has 2 aliphatic heterocycles. The highest BCUT2D eigenvalue weighted by Crippen LogP contribution is 2.44. The van der Waals surface area contributed by atoms with Crippen LogP contribution in [0.3, 0.4) is 0 Å². The van der Waals surface area contributed by atoms with E-state index in [1.54, 1.807) is 37.6 Å². The number of nitrogens with zero attached hydrogens (tertiary/aromatic N) is 5. The molecule has 0 saturated carbocycles. The second-order valence-electron chi connectivity index (χ2n) is 19.3. The summed E-state index contributed by atoms with van der Waals surface area (Å²) in [6, 6.07) is 20.8. The van der Waals surface area contributed by atoms with E-state index in [0.29, 0.717) is 36.4 Å². The summed E-state index contributed by atoms with van der Waals surface area (Å²) < 4.78 is 41.8. The number of H-pyrrole nitrogens is 1. The van der Waals surface area contributed by atoms with Crippen LogP contribution in [0.15, 0.2) is 95.7 Å². The lowest BCUT2D eigenvalue weighted by Crippen LogP contribution is -2.47. The van der Waals surface area contributed by atoms with Gasteiger partial charge in [0.25, 0.3) is 21.6 Å². The molecule has 67 heavy (non-hydrogen) atoms. The number of nitrogens with one attached hydrogen (secondary N) is 2. The summed E-state index contributed by atoms with van der Waals surface area (Å²) in [5.41, 5.74) is 5.85. The number of aromatic nitrogens is 2. The van der Waals surface area contributed by atoms with Crippen molar-refractivity contribution in [2.24, 2.45) is 5.41 Å². The Morgan fingerprint density at radius 3 is 2.49 bits per heavy atom. The van der Waals surface area contributed by atoms with Gasteiger partial charge in [-0.05, 0) is 110 Å². The number of piperazine rings is 1. The van der Waals surface area contributed by atoms with Gasteiger partial charge >= 0.3 is 0 Å². The summed E-state index contributed by atoms with van der Waals surface area (Å²) in [6.07, 6.45) is 13.9. The molecular weight excluding hydrogens is 909 g/mol. The average molecular weight is 971 g/mol. The fourth-order valence-electron chi connectivity index (χ4n) is 9.52. The minimum absolute atomic E-state index is 0.0312. The summed E-state index contributed by atoms with van der Waals surface area (Å²) in [5.74, 6) is -0.457. The normalized spacial score (nSPS) is 18.5. The first-order chi connectivity index (χ1) is 32.0. The fourth-order valence-corrected chi connectivity index (χ4v) is 12.3. The number of amides is 1. The second-order valence-corrected chi connectivity index (χ2v) is 25.5. The van der Waals surface area contributed by atoms with Crippen LogP contribution in [0.2, 0.25) is 5.02 Å². The zero-order valence-corrected chi connectivity index (χ0v) is 41.3. The number of allylic oxidation sites excluding steroid dienone is 1. The highest BCUT2D eigenvalue weighted by molar-refractivity contribution is 7.90. The molecule has 3 aliphatic rings. The smallest absolute Gasteiger partial charge is 0.273 e. The highest BCUT2D eigenvalue weighted by atomic mass is 35.5. The van der Waals surface area contributed by atoms with Crippen LogP contribution in [0.5, 0.6) is 11.5 Å². The molecule has 2 N–H and O–H groups in total. The Hall–Kier alpha value is -5.02. The third-order valence-electron chi connectivity index (χ3n) is 13.6. The van der Waals surface area contributed by atoms with Gasteiger partial charge in [-0.1, -0.05) is 49.2 Å². The van der Waals surface area contributed by atoms with Gasteiger partial charge in [-0.3, -0.25) is 24.7 Å². The number of aromatic amines is 1. The van der Waals surface area contributed by atoms with Gasteiger partial charge in [0.1, 0.15) is 17.1 Å². The first-order valence-corrected chi connectivity index (χ1v) is 27.6. The third kappa shape index (κ3) is 11.8. The van der Waals surface area contributed by atoms with Crippen LogP contribution in [-0.2, 0) is 21.2 Å². The summed E-state index contributed by atoms with van der Waals surface area (Å²) in [5, 5.41) is 13.9. The first kappa shape index (κ1) is 48.4. The number of sulfonamides is 1. The molecule has 2 aromatic heterocycles. The van der Waals surface area contributed by atoms with Gasteiger partial charge < -0.3 is 19.4 Å². The number of fused-ring (bicyclic) bond motifs is 1. The van der Waals surface area contributed by atoms with Crippen molar-refractivity contribution < 1.29 is 27.6 Å². The van der Waals surface area contributed by atoms with Crippen LogP contribution in [0.25, 0.3) is 16.6 Å². The van der Waals surface area contributed by atoms with Crippen LogP contribution in [0.4, 0.5) is 11.4 Å². The number of carbonyl (C=O) groups is 1. The molecule has 17 heteroatoms. The Labute approximate surface area is 398 Å². The molecule has 0 radical (unpaired) electrons. The minimum Gasteiger partial charge on any atom is -0.455 e. The Morgan fingerprint density at radius 1 is 1.03 bits per heavy atom. The van der Waals surface area contributed by atoms with Gasteiger partial charge in [0.2, 0.25) is 0 Å². The lowest BCUT2D eigenvalue weighted by Gasteiger charge is -2.39. The molecule has 5 aromatic rings. The zero-order valence-electron chi connectivity index (χ0n) is 38.8. The maximum atomic E-state index is 14.1. The maximum Gasteiger partial charge on any atom is 0.273 e. The van der Waals surface area contributed by atoms with Crippen molar-refractivity contribution in [3.8, 4) is 11.5 Å². The molecule has 2 fully saturated rings. The third-order valence-corrected chi connectivity index (χ3v) is 17.8. The number of halogens is 1. The Kier molecular flexibility index (Phi) is 14.7. The molecule has 14 nitrogen and oxygen atoms in total. The number of carbonyl (C=O) groups excluding carboxylic acids is 1. The van der Waals surface area contributed by atoms with Crippen molar-refractivity contribution in [2.45, 2.75) is 56.9 Å². The summed E-state index contributed by atoms with van der Waals surface area (Å²) in [7, 11) is -2.93. The van der Waals surface area contributed by atoms with Gasteiger partial charge in [0, 0.05) is 99.0 Å². The van der Waals surface area contributed by atoms with E-state index < -0.39 is 32.6 Å². The number of hydrogen-bond donors (Lipinski definition) is 2. The molecule has 1 atom stereocenters. The van der Waals surface area contributed by atoms with Crippen molar-refractivity contribution in [2.75, 3.05) is 83.4 Å². The zero-order chi connectivity index (χ0) is 47.5. The van der Waals surface area contributed by atoms with Crippen molar-refractivity contribution in [1.29, 1.82) is 0 Å². The van der Waals surface area contributed by atoms with Crippen LogP contribution in [0, 0.1) is 15.5 Å². The van der Waals surface area contributed by atoms with Crippen LogP contribution in [0.1, 0.15) is 61.0 Å². The van der Waals surface area contributed by atoms with Crippen LogP contribution < -0.4 is 14.4 Å². The van der Waals surface area contributed by atoms with Crippen molar-refractivity contribution >= 4 is 68.7 Å². The Morgan fingerprint density at radius 2 is 1.78 bits per heavy atom. The van der Waals surface area contributed by atoms with E-state index in [0.717, 1.165) is 99.6 Å². The first-order valence-electron chi connectivity index (χ1n) is 22.9. The van der Waals surface area contributed by atoms with E-state index in [-0.39, 0.29) is 28.5 Å². The number of nitro benzene ring substituents is 1. The van der Waals surface area contributed by atoms with Crippen molar-refractivity contribution in [3.63, 3.8) is 0 Å². The van der Waals surface area contributed by atoms with E-state index in [4.69, 9.17) is 21.1 Å². The SMILES string of the molecule is C=P1(C)CCN(C(CCc2ccc(S(=O)(=O)NC(=O)c3ccc(N4CCN(CC5=C(c6ccc(Cl)cc6)CC(C)(C)CC5)CC4)cc3Oc3cnc4[nH]ccc4c3)cc2[N+](=O)[O-])COC)CC1. The van der Waals surface area contributed by atoms with Crippen LogP contribution >= 0.6 is 18.5 Å². The number of ether oxygens (including phenoxy) is 2. The Balaban J connectivity index is 0.990. The fraction of sp³-hybridized carbons (Fsp3) is 0.420. The van der Waals surface area contributed by atoms with Crippen LogP contribution in [-0.4, -0.2) is 130 Å². The van der Waals surface area contributed by atoms with E-state index in [1.807, 2.05) is 18.2 Å². The predicted octanol–water partition coefficient (Wildman–Crippen LogP) is 9.16. The summed E-state index contributed by atoms with van der Waals surface area (Å²) in [4.78, 5) is 40.1. The van der Waals surface area contributed by atoms with E-state index in [2.05, 4.69) is 68.3 Å². The summed E-state index contributed by atoms with van der Waals surface area (Å²) in [6.45, 7) is 12.0. The van der Waals surface area contributed by atoms with Gasteiger partial charge in [-0.25, -0.2) is 18.1 Å². The molecular formula is C50H61ClN7O7PS. The molecule has 1 unspecified atom stereocenters. The van der Waals surface area contributed by atoms with Gasteiger partial charge in [-0.2, -0.15) is 0 Å². The molecule has 2 saturated heterocycles. The number of pyridine rings is 1. The molecule has 1 aliphatic carbocycles. The molecule has 8 rings (SSSR count). The number of nitro groups is 1. The molecule has 0 bridgehead atoms. The number of benzene rings is 3. The van der Waals surface area contributed by atoms with E-state index in [1.165, 1.54) is 35.0 Å². The van der Waals surface area contributed by atoms with E-state index in [9.17, 15) is 23.3 Å². The van der Waals surface area contributed by atoms with E-state index >= 15 is 0 Å². The molecule has 0 spiro atoms. The predicted molar refractivity (Wildman–Crippen MR) is 270 cm³/mol. The number of methoxy groups -OCH3 is 1. The molecule has 1 amide bonds. The Bertz CT molecular complexity index is 2810. The largest absolute Gasteiger partial charge is 0.455 e. The highest BCUT2D eigenvalue weighted by Gasteiger charge is 2.31. The standard InChI is InChI=1S/C50H61ClN7O7PS/c1-50(2)18-16-38(45(31-50)35-6-10-39(51)11-7-35)33-55-20-22-56(23-21-55)40-13-15-44(47(29-40)65-42-28-37-17-19-52-48(37)53-32-42)49(59)54-67(62,63)43-14-9-36(46(30-43)58(60)61)8-12-41(34-64-3)57-24-26-66(4,5)27-25-57/h6-7,9-11,13-15,17,19,28-30,32,41H,4,8,12,16,18,20-27,31,33-34H2,1-3,5H3,(H,52,53)(H,54,59). The second kappa shape index (κ2) is 20.3. The number of rotatable bonds is 16. The summed E-state index contributed by atoms with van der Waals surface area (Å²) >= 11 is 6.26. The lowest BCUT2D eigenvalue weighted by molar-refractivity contribution is -0.385. The van der Waals surface area contributed by atoms with Crippen molar-refractivity contribution in [3.05, 3.63) is 123 Å². The molecule has 3 aromatic carbocycles.